The molecule has 2 aliphatic heterocycles. The Balaban J connectivity index is 1.46. The predicted octanol–water partition coefficient (Wildman–Crippen LogP) is 1.13. The lowest BCUT2D eigenvalue weighted by Gasteiger charge is -2.40. The van der Waals surface area contributed by atoms with E-state index < -0.39 is 6.09 Å². The molecule has 2 aliphatic rings. The van der Waals surface area contributed by atoms with Crippen LogP contribution >= 0.6 is 0 Å². The van der Waals surface area contributed by atoms with E-state index >= 15 is 0 Å². The second-order valence-electron chi connectivity index (χ2n) is 5.13. The molecule has 0 radical (unpaired) electrons. The third kappa shape index (κ3) is 2.81. The van der Waals surface area contributed by atoms with Crippen molar-refractivity contribution in [2.75, 3.05) is 31.6 Å². The highest BCUT2D eigenvalue weighted by atomic mass is 16.6. The fraction of sp³-hybridized carbons (Fsp3) is 0.357. The van der Waals surface area contributed by atoms with Gasteiger partial charge >= 0.3 is 12.1 Å². The second kappa shape index (κ2) is 5.43. The monoisotopic (exact) mass is 289 g/mol. The molecule has 3 rings (SSSR count). The molecule has 4 amide bonds. The van der Waals surface area contributed by atoms with Crippen LogP contribution in [0.1, 0.15) is 0 Å². The Kier molecular flexibility index (Phi) is 3.47. The molecule has 1 N–H and O–H groups in total. The maximum absolute atomic E-state index is 11.9. The molecule has 0 bridgehead atoms. The molecule has 110 valence electrons. The van der Waals surface area contributed by atoms with Crippen LogP contribution in [0.4, 0.5) is 15.3 Å². The zero-order chi connectivity index (χ0) is 14.8. The van der Waals surface area contributed by atoms with Crippen molar-refractivity contribution in [3.05, 3.63) is 30.3 Å². The number of likely N-dealkylation sites (tertiary alicyclic amines) is 1. The summed E-state index contributed by atoms with van der Waals surface area (Å²) in [6.07, 6.45) is -0.591. The number of rotatable bonds is 3. The molecular formula is C14H15N3O4. The van der Waals surface area contributed by atoms with E-state index in [0.717, 1.165) is 10.6 Å². The molecule has 7 heteroatoms. The summed E-state index contributed by atoms with van der Waals surface area (Å²) in [7, 11) is 0. The Morgan fingerprint density at radius 1 is 1.24 bits per heavy atom. The topological polar surface area (TPSA) is 79.0 Å². The number of anilines is 1. The fourth-order valence-corrected chi connectivity index (χ4v) is 2.39. The molecule has 21 heavy (non-hydrogen) atoms. The van der Waals surface area contributed by atoms with Crippen molar-refractivity contribution in [3.8, 4) is 0 Å². The van der Waals surface area contributed by atoms with E-state index in [1.54, 1.807) is 4.90 Å². The highest BCUT2D eigenvalue weighted by Gasteiger charge is 2.38. The van der Waals surface area contributed by atoms with Gasteiger partial charge in [0.2, 0.25) is 0 Å². The molecule has 0 saturated carbocycles. The average Bonchev–Trinajstić information content (AvgIpc) is 2.74. The Morgan fingerprint density at radius 3 is 2.57 bits per heavy atom. The molecule has 0 aromatic heterocycles. The summed E-state index contributed by atoms with van der Waals surface area (Å²) < 4.78 is 4.65. The largest absolute Gasteiger partial charge is 0.439 e. The number of amides is 4. The SMILES string of the molecule is O=C(Nc1ccccc1)N1CC(CN2C(=O)COC2=O)C1. The Bertz CT molecular complexity index is 553. The van der Waals surface area contributed by atoms with Gasteiger partial charge in [0.25, 0.3) is 5.91 Å². The fourth-order valence-electron chi connectivity index (χ4n) is 2.39. The van der Waals surface area contributed by atoms with E-state index in [-0.39, 0.29) is 24.5 Å². The van der Waals surface area contributed by atoms with Gasteiger partial charge in [0.05, 0.1) is 0 Å². The molecule has 0 spiro atoms. The number of hydrogen-bond donors (Lipinski definition) is 1. The van der Waals surface area contributed by atoms with E-state index in [1.165, 1.54) is 0 Å². The summed E-state index contributed by atoms with van der Waals surface area (Å²) in [6.45, 7) is 1.18. The van der Waals surface area contributed by atoms with Crippen LogP contribution in [-0.4, -0.2) is 54.1 Å². The molecular weight excluding hydrogens is 274 g/mol. The molecule has 2 heterocycles. The third-order valence-electron chi connectivity index (χ3n) is 3.55. The van der Waals surface area contributed by atoms with Crippen LogP contribution in [0.15, 0.2) is 30.3 Å². The number of cyclic esters (lactones) is 1. The molecule has 7 nitrogen and oxygen atoms in total. The number of para-hydroxylation sites is 1. The molecule has 2 saturated heterocycles. The number of hydrogen-bond acceptors (Lipinski definition) is 4. The zero-order valence-electron chi connectivity index (χ0n) is 11.3. The van der Waals surface area contributed by atoms with E-state index in [1.807, 2.05) is 30.3 Å². The average molecular weight is 289 g/mol. The molecule has 0 unspecified atom stereocenters. The van der Waals surface area contributed by atoms with Crippen molar-refractivity contribution >= 4 is 23.7 Å². The molecule has 1 aromatic rings. The molecule has 1 aromatic carbocycles. The minimum atomic E-state index is -0.591. The quantitative estimate of drug-likeness (QED) is 0.904. The number of imide groups is 1. The summed E-state index contributed by atoms with van der Waals surface area (Å²) in [4.78, 5) is 37.4. The molecule has 0 atom stereocenters. The number of benzene rings is 1. The van der Waals surface area contributed by atoms with Crippen LogP contribution in [0.3, 0.4) is 0 Å². The number of urea groups is 1. The van der Waals surface area contributed by atoms with Crippen LogP contribution in [-0.2, 0) is 9.53 Å². The predicted molar refractivity (Wildman–Crippen MR) is 73.6 cm³/mol. The first-order chi connectivity index (χ1) is 10.1. The standard InChI is InChI=1S/C14H15N3O4/c18-12-9-21-14(20)17(12)8-10-6-16(7-10)13(19)15-11-4-2-1-3-5-11/h1-5,10H,6-9H2,(H,15,19). The number of carbonyl (C=O) groups excluding carboxylic acids is 3. The Morgan fingerprint density at radius 2 is 1.95 bits per heavy atom. The number of nitrogens with one attached hydrogen (secondary N) is 1. The van der Waals surface area contributed by atoms with Gasteiger partial charge in [0.15, 0.2) is 6.61 Å². The van der Waals surface area contributed by atoms with Gasteiger partial charge in [-0.25, -0.2) is 14.5 Å². The minimum Gasteiger partial charge on any atom is -0.439 e. The lowest BCUT2D eigenvalue weighted by atomic mass is 10.0. The van der Waals surface area contributed by atoms with Crippen LogP contribution in [0.2, 0.25) is 0 Å². The normalized spacial score (nSPS) is 18.5. The van der Waals surface area contributed by atoms with Crippen molar-refractivity contribution in [3.63, 3.8) is 0 Å². The number of ether oxygens (including phenoxy) is 1. The van der Waals surface area contributed by atoms with Crippen molar-refractivity contribution < 1.29 is 19.1 Å². The van der Waals surface area contributed by atoms with E-state index in [2.05, 4.69) is 10.1 Å². The maximum atomic E-state index is 11.9. The van der Waals surface area contributed by atoms with Gasteiger partial charge < -0.3 is 15.0 Å². The smallest absolute Gasteiger partial charge is 0.417 e. The van der Waals surface area contributed by atoms with Crippen molar-refractivity contribution in [1.82, 2.24) is 9.80 Å². The van der Waals surface area contributed by atoms with Crippen molar-refractivity contribution in [2.45, 2.75) is 0 Å². The van der Waals surface area contributed by atoms with E-state index in [9.17, 15) is 14.4 Å². The zero-order valence-corrected chi connectivity index (χ0v) is 11.3. The molecule has 2 fully saturated rings. The van der Waals surface area contributed by atoms with Gasteiger partial charge in [-0.3, -0.25) is 4.79 Å². The highest BCUT2D eigenvalue weighted by molar-refractivity contribution is 5.97. The summed E-state index contributed by atoms with van der Waals surface area (Å²) >= 11 is 0. The lowest BCUT2D eigenvalue weighted by Crippen LogP contribution is -2.55. The first-order valence-electron chi connectivity index (χ1n) is 6.71. The minimum absolute atomic E-state index is 0.112. The van der Waals surface area contributed by atoms with Crippen LogP contribution < -0.4 is 5.32 Å². The first-order valence-corrected chi connectivity index (χ1v) is 6.71. The number of carbonyl (C=O) groups is 3. The van der Waals surface area contributed by atoms with Crippen LogP contribution in [0, 0.1) is 5.92 Å². The number of nitrogens with zero attached hydrogens (tertiary/aromatic N) is 2. The highest BCUT2D eigenvalue weighted by Crippen LogP contribution is 2.20. The summed E-state index contributed by atoms with van der Waals surface area (Å²) in [5.74, 6) is -0.201. The van der Waals surface area contributed by atoms with Gasteiger partial charge in [0.1, 0.15) is 0 Å². The molecule has 0 aliphatic carbocycles. The van der Waals surface area contributed by atoms with Crippen LogP contribution in [0.25, 0.3) is 0 Å². The van der Waals surface area contributed by atoms with Gasteiger partial charge in [-0.1, -0.05) is 18.2 Å². The van der Waals surface area contributed by atoms with Gasteiger partial charge in [-0.15, -0.1) is 0 Å². The lowest BCUT2D eigenvalue weighted by molar-refractivity contribution is -0.126. The van der Waals surface area contributed by atoms with E-state index in [4.69, 9.17) is 0 Å². The van der Waals surface area contributed by atoms with E-state index in [0.29, 0.717) is 19.6 Å². The summed E-state index contributed by atoms with van der Waals surface area (Å²) in [6, 6.07) is 9.02. The Labute approximate surface area is 121 Å². The van der Waals surface area contributed by atoms with Crippen molar-refractivity contribution in [1.29, 1.82) is 0 Å². The first kappa shape index (κ1) is 13.4. The second-order valence-corrected chi connectivity index (χ2v) is 5.13. The Hall–Kier alpha value is -2.57. The van der Waals surface area contributed by atoms with Gasteiger partial charge in [0, 0.05) is 31.2 Å². The summed E-state index contributed by atoms with van der Waals surface area (Å²) in [5.41, 5.74) is 0.740. The van der Waals surface area contributed by atoms with Crippen LogP contribution in [0.5, 0.6) is 0 Å². The van der Waals surface area contributed by atoms with Gasteiger partial charge in [-0.05, 0) is 12.1 Å². The maximum Gasteiger partial charge on any atom is 0.417 e. The van der Waals surface area contributed by atoms with Crippen molar-refractivity contribution in [2.24, 2.45) is 5.92 Å². The third-order valence-corrected chi connectivity index (χ3v) is 3.55. The summed E-state index contributed by atoms with van der Waals surface area (Å²) in [5, 5.41) is 2.79. The van der Waals surface area contributed by atoms with Gasteiger partial charge in [-0.2, -0.15) is 0 Å².